The number of nitrogens with zero attached hydrogens (tertiary/aromatic N) is 1. The molecular formula is C35H44F2N4O5S. The van der Waals surface area contributed by atoms with Crippen LogP contribution in [0.5, 0.6) is 0 Å². The first-order valence-electron chi connectivity index (χ1n) is 15.7. The van der Waals surface area contributed by atoms with E-state index in [0.717, 1.165) is 36.3 Å². The summed E-state index contributed by atoms with van der Waals surface area (Å²) in [5.41, 5.74) is 1.20. The molecular weight excluding hydrogens is 626 g/mol. The van der Waals surface area contributed by atoms with Gasteiger partial charge < -0.3 is 26.2 Å². The van der Waals surface area contributed by atoms with Gasteiger partial charge in [-0.25, -0.2) is 8.78 Å². The summed E-state index contributed by atoms with van der Waals surface area (Å²) in [6.07, 6.45) is 1.04. The molecule has 5 atom stereocenters. The zero-order valence-corrected chi connectivity index (χ0v) is 27.7. The fraction of sp³-hybridized carbons (Fsp3) is 0.429. The van der Waals surface area contributed by atoms with Crippen LogP contribution in [-0.4, -0.2) is 68.7 Å². The summed E-state index contributed by atoms with van der Waals surface area (Å²) >= 11 is 1.46. The van der Waals surface area contributed by atoms with Crippen LogP contribution in [0.15, 0.2) is 73.1 Å². The Balaban J connectivity index is 1.87. The normalized spacial score (nSPS) is 14.5. The number of halogens is 2. The number of hydrogen-bond donors (Lipinski definition) is 5. The van der Waals surface area contributed by atoms with E-state index in [9.17, 15) is 33.4 Å². The number of nitrogens with one attached hydrogen (secondary N) is 3. The summed E-state index contributed by atoms with van der Waals surface area (Å²) in [4.78, 5) is 44.0. The number of rotatable bonds is 18. The van der Waals surface area contributed by atoms with Crippen molar-refractivity contribution in [1.82, 2.24) is 20.9 Å². The lowest BCUT2D eigenvalue weighted by Gasteiger charge is -2.34. The van der Waals surface area contributed by atoms with E-state index in [-0.39, 0.29) is 29.8 Å². The Morgan fingerprint density at radius 1 is 0.894 bits per heavy atom. The van der Waals surface area contributed by atoms with Crippen molar-refractivity contribution in [2.24, 2.45) is 11.8 Å². The third kappa shape index (κ3) is 12.0. The van der Waals surface area contributed by atoms with Crippen LogP contribution in [0.1, 0.15) is 55.1 Å². The van der Waals surface area contributed by atoms with Gasteiger partial charge in [-0.05, 0) is 59.9 Å². The fourth-order valence-corrected chi connectivity index (χ4v) is 6.23. The van der Waals surface area contributed by atoms with Crippen molar-refractivity contribution in [2.45, 2.75) is 70.9 Å². The van der Waals surface area contributed by atoms with E-state index in [2.05, 4.69) is 20.9 Å². The van der Waals surface area contributed by atoms with Crippen LogP contribution in [-0.2, 0) is 22.6 Å². The average molecular weight is 671 g/mol. The predicted molar refractivity (Wildman–Crippen MR) is 178 cm³/mol. The van der Waals surface area contributed by atoms with Crippen LogP contribution in [0.2, 0.25) is 0 Å². The molecule has 0 aliphatic carbocycles. The Kier molecular flexibility index (Phi) is 15.3. The Bertz CT molecular complexity index is 1410. The highest BCUT2D eigenvalue weighted by Crippen LogP contribution is 2.23. The van der Waals surface area contributed by atoms with Crippen LogP contribution in [0.25, 0.3) is 0 Å². The van der Waals surface area contributed by atoms with E-state index in [0.29, 0.717) is 6.07 Å². The zero-order chi connectivity index (χ0) is 34.3. The fourth-order valence-electron chi connectivity index (χ4n) is 5.10. The first kappa shape index (κ1) is 37.6. The maximum Gasteiger partial charge on any atom is 0.253 e. The molecule has 0 saturated carbocycles. The van der Waals surface area contributed by atoms with E-state index in [1.54, 1.807) is 26.0 Å². The summed E-state index contributed by atoms with van der Waals surface area (Å²) in [7, 11) is 0. The number of amides is 3. The van der Waals surface area contributed by atoms with E-state index < -0.39 is 65.5 Å². The highest BCUT2D eigenvalue weighted by molar-refractivity contribution is 7.99. The molecule has 0 aliphatic rings. The van der Waals surface area contributed by atoms with Crippen molar-refractivity contribution in [2.75, 3.05) is 11.5 Å². The number of carbonyl (C=O) groups is 3. The number of carbonyl (C=O) groups excluding carboxylic acids is 3. The molecule has 0 spiro atoms. The molecule has 47 heavy (non-hydrogen) atoms. The molecule has 3 rings (SSSR count). The van der Waals surface area contributed by atoms with Crippen molar-refractivity contribution in [1.29, 1.82) is 0 Å². The van der Waals surface area contributed by atoms with Crippen LogP contribution < -0.4 is 16.0 Å². The van der Waals surface area contributed by atoms with Crippen molar-refractivity contribution in [3.05, 3.63) is 101 Å². The van der Waals surface area contributed by atoms with Gasteiger partial charge in [-0.3, -0.25) is 19.4 Å². The van der Waals surface area contributed by atoms with Gasteiger partial charge in [0.1, 0.15) is 23.8 Å². The van der Waals surface area contributed by atoms with Gasteiger partial charge in [0.15, 0.2) is 0 Å². The molecule has 0 fully saturated rings. The summed E-state index contributed by atoms with van der Waals surface area (Å²) in [5, 5.41) is 31.2. The second kappa shape index (κ2) is 19.1. The lowest BCUT2D eigenvalue weighted by molar-refractivity contribution is -0.136. The number of hydrogen-bond acceptors (Lipinski definition) is 7. The van der Waals surface area contributed by atoms with E-state index in [4.69, 9.17) is 0 Å². The highest BCUT2D eigenvalue weighted by atomic mass is 32.2. The molecule has 9 nitrogen and oxygen atoms in total. The van der Waals surface area contributed by atoms with Crippen molar-refractivity contribution in [3.63, 3.8) is 0 Å². The highest BCUT2D eigenvalue weighted by Gasteiger charge is 2.39. The van der Waals surface area contributed by atoms with Gasteiger partial charge in [0, 0.05) is 30.8 Å². The number of benzene rings is 2. The SMILES string of the molecule is CCCCSCC(NC(=O)c1cccnc1)C(=O)N[C@@H](Cc1cc(F)cc(F)c1)[C@@H](O)[C@H](O)[C@H](C(=O)NCc1ccccc1)C(C)C. The molecule has 0 radical (unpaired) electrons. The number of pyridine rings is 1. The van der Waals surface area contributed by atoms with Gasteiger partial charge in [-0.1, -0.05) is 57.5 Å². The second-order valence-electron chi connectivity index (χ2n) is 11.7. The molecule has 1 heterocycles. The molecule has 3 amide bonds. The van der Waals surface area contributed by atoms with Crippen LogP contribution >= 0.6 is 11.8 Å². The smallest absolute Gasteiger partial charge is 0.253 e. The number of thioether (sulfide) groups is 1. The largest absolute Gasteiger partial charge is 0.390 e. The van der Waals surface area contributed by atoms with E-state index >= 15 is 0 Å². The van der Waals surface area contributed by atoms with Gasteiger partial charge in [0.25, 0.3) is 5.91 Å². The summed E-state index contributed by atoms with van der Waals surface area (Å²) < 4.78 is 28.3. The molecule has 5 N–H and O–H groups in total. The van der Waals surface area contributed by atoms with Gasteiger partial charge in [-0.2, -0.15) is 11.8 Å². The van der Waals surface area contributed by atoms with Gasteiger partial charge in [0.05, 0.1) is 23.6 Å². The predicted octanol–water partition coefficient (Wildman–Crippen LogP) is 4.03. The first-order valence-corrected chi connectivity index (χ1v) is 16.9. The molecule has 3 aromatic rings. The van der Waals surface area contributed by atoms with Crippen LogP contribution in [0, 0.1) is 23.5 Å². The van der Waals surface area contributed by atoms with E-state index in [1.165, 1.54) is 24.2 Å². The second-order valence-corrected chi connectivity index (χ2v) is 12.9. The molecule has 1 unspecified atom stereocenters. The Labute approximate surface area is 279 Å². The first-order chi connectivity index (χ1) is 22.5. The quantitative estimate of drug-likeness (QED) is 0.129. The van der Waals surface area contributed by atoms with Crippen molar-refractivity contribution >= 4 is 29.5 Å². The number of unbranched alkanes of at least 4 members (excludes halogenated alkanes) is 1. The van der Waals surface area contributed by atoms with Crippen LogP contribution in [0.4, 0.5) is 8.78 Å². The third-order valence-electron chi connectivity index (χ3n) is 7.64. The topological polar surface area (TPSA) is 141 Å². The third-order valence-corrected chi connectivity index (χ3v) is 8.78. The standard InChI is InChI=1S/C35H44F2N4O5S/c1-4-5-14-47-21-29(41-33(44)25-12-9-13-38-20-25)34(45)40-28(17-24-15-26(36)18-27(37)16-24)31(42)32(43)30(22(2)3)35(46)39-19-23-10-7-6-8-11-23/h6-13,15-16,18,20,22,28-32,42-43H,4-5,14,17,19,21H2,1-3H3,(H,39,46)(H,40,45)(H,41,44)/t28-,29?,30+,31+,32+/m0/s1. The lowest BCUT2D eigenvalue weighted by atomic mass is 9.83. The molecule has 0 saturated heterocycles. The monoisotopic (exact) mass is 670 g/mol. The van der Waals surface area contributed by atoms with Crippen molar-refractivity contribution < 1.29 is 33.4 Å². The molecule has 0 bridgehead atoms. The number of aliphatic hydroxyl groups excluding tert-OH is 2. The average Bonchev–Trinajstić information content (AvgIpc) is 3.04. The van der Waals surface area contributed by atoms with Gasteiger partial charge in [-0.15, -0.1) is 0 Å². The Morgan fingerprint density at radius 3 is 2.21 bits per heavy atom. The van der Waals surface area contributed by atoms with E-state index in [1.807, 2.05) is 37.3 Å². The van der Waals surface area contributed by atoms with Crippen molar-refractivity contribution in [3.8, 4) is 0 Å². The lowest BCUT2D eigenvalue weighted by Crippen LogP contribution is -2.58. The number of aromatic nitrogens is 1. The zero-order valence-electron chi connectivity index (χ0n) is 26.9. The maximum atomic E-state index is 14.2. The minimum atomic E-state index is -1.73. The molecule has 1 aromatic heterocycles. The molecule has 12 heteroatoms. The Hall–Kier alpha value is -3.87. The number of aliphatic hydroxyl groups is 2. The minimum Gasteiger partial charge on any atom is -0.390 e. The van der Waals surface area contributed by atoms with Gasteiger partial charge >= 0.3 is 0 Å². The maximum absolute atomic E-state index is 14.2. The summed E-state index contributed by atoms with van der Waals surface area (Å²) in [6.45, 7) is 5.67. The molecule has 0 aliphatic heterocycles. The molecule has 254 valence electrons. The Morgan fingerprint density at radius 2 is 1.60 bits per heavy atom. The summed E-state index contributed by atoms with van der Waals surface area (Å²) in [5.74, 6) is -4.00. The minimum absolute atomic E-state index is 0.113. The van der Waals surface area contributed by atoms with Gasteiger partial charge in [0.2, 0.25) is 11.8 Å². The van der Waals surface area contributed by atoms with Crippen LogP contribution in [0.3, 0.4) is 0 Å². The molecule has 2 aromatic carbocycles. The summed E-state index contributed by atoms with van der Waals surface area (Å²) in [6, 6.07) is 12.8.